The molecule has 5 nitrogen and oxygen atoms in total. The van der Waals surface area contributed by atoms with Crippen molar-refractivity contribution >= 4 is 23.1 Å². The van der Waals surface area contributed by atoms with E-state index in [1.165, 1.54) is 0 Å². The zero-order valence-electron chi connectivity index (χ0n) is 15.3. The second kappa shape index (κ2) is 7.78. The second-order valence-corrected chi connectivity index (χ2v) is 5.94. The number of para-hydroxylation sites is 2. The Morgan fingerprint density at radius 2 is 1.50 bits per heavy atom. The third-order valence-corrected chi connectivity index (χ3v) is 4.16. The van der Waals surface area contributed by atoms with Crippen molar-refractivity contribution in [2.75, 3.05) is 23.4 Å². The maximum absolute atomic E-state index is 13.1. The molecule has 1 heterocycles. The summed E-state index contributed by atoms with van der Waals surface area (Å²) in [6, 6.07) is 21.3. The fraction of sp³-hybridized carbons (Fsp3) is 0.190. The molecule has 0 unspecified atom stereocenters. The second-order valence-electron chi connectivity index (χ2n) is 5.94. The molecule has 0 N–H and O–H groups in total. The highest BCUT2D eigenvalue weighted by atomic mass is 16.2. The summed E-state index contributed by atoms with van der Waals surface area (Å²) >= 11 is 0. The van der Waals surface area contributed by atoms with E-state index in [2.05, 4.69) is 9.97 Å². The Morgan fingerprint density at radius 3 is 2.08 bits per heavy atom. The minimum Gasteiger partial charge on any atom is -0.329 e. The number of anilines is 3. The first-order valence-electron chi connectivity index (χ1n) is 8.61. The number of hydrogen-bond acceptors (Lipinski definition) is 4. The third kappa shape index (κ3) is 3.72. The summed E-state index contributed by atoms with van der Waals surface area (Å²) in [6.45, 7) is 4.32. The van der Waals surface area contributed by atoms with E-state index in [9.17, 15) is 4.79 Å². The normalized spacial score (nSPS) is 10.4. The SMILES string of the molecule is CCN(C(=O)c1cc(N(C)c2ccccc2)nc(C)n1)c1ccccc1. The Bertz CT molecular complexity index is 881. The molecule has 26 heavy (non-hydrogen) atoms. The van der Waals surface area contributed by atoms with Crippen molar-refractivity contribution in [2.45, 2.75) is 13.8 Å². The molecule has 2 aromatic carbocycles. The van der Waals surface area contributed by atoms with Crippen molar-refractivity contribution in [1.82, 2.24) is 9.97 Å². The van der Waals surface area contributed by atoms with Crippen LogP contribution in [0.5, 0.6) is 0 Å². The van der Waals surface area contributed by atoms with E-state index in [1.54, 1.807) is 17.9 Å². The number of aromatic nitrogens is 2. The number of benzene rings is 2. The van der Waals surface area contributed by atoms with E-state index < -0.39 is 0 Å². The molecular formula is C21H22N4O. The number of aryl methyl sites for hydroxylation is 1. The highest BCUT2D eigenvalue weighted by Crippen LogP contribution is 2.23. The lowest BCUT2D eigenvalue weighted by Gasteiger charge is -2.22. The zero-order chi connectivity index (χ0) is 18.5. The summed E-state index contributed by atoms with van der Waals surface area (Å²) < 4.78 is 0. The van der Waals surface area contributed by atoms with Gasteiger partial charge in [0.2, 0.25) is 0 Å². The van der Waals surface area contributed by atoms with Gasteiger partial charge in [-0.05, 0) is 38.1 Å². The van der Waals surface area contributed by atoms with E-state index in [0.717, 1.165) is 11.4 Å². The van der Waals surface area contributed by atoms with Crippen LogP contribution in [0, 0.1) is 6.92 Å². The lowest BCUT2D eigenvalue weighted by molar-refractivity contribution is 0.0983. The first-order chi connectivity index (χ1) is 12.6. The molecule has 0 radical (unpaired) electrons. The molecule has 0 spiro atoms. The van der Waals surface area contributed by atoms with E-state index in [0.29, 0.717) is 23.9 Å². The van der Waals surface area contributed by atoms with Crippen LogP contribution in [-0.4, -0.2) is 29.5 Å². The van der Waals surface area contributed by atoms with Crippen molar-refractivity contribution in [3.05, 3.63) is 78.2 Å². The van der Waals surface area contributed by atoms with Crippen LogP contribution in [0.15, 0.2) is 66.7 Å². The summed E-state index contributed by atoms with van der Waals surface area (Å²) in [5.41, 5.74) is 2.25. The third-order valence-electron chi connectivity index (χ3n) is 4.16. The highest BCUT2D eigenvalue weighted by molar-refractivity contribution is 6.05. The molecule has 0 fully saturated rings. The molecule has 0 aliphatic heterocycles. The van der Waals surface area contributed by atoms with Crippen LogP contribution in [0.3, 0.4) is 0 Å². The predicted molar refractivity (Wildman–Crippen MR) is 105 cm³/mol. The standard InChI is InChI=1S/C21H22N4O/c1-4-25(18-13-9-6-10-14-18)21(26)19-15-20(23-16(2)22-19)24(3)17-11-7-5-8-12-17/h5-15H,4H2,1-3H3. The van der Waals surface area contributed by atoms with Gasteiger partial charge in [-0.2, -0.15) is 0 Å². The van der Waals surface area contributed by atoms with Gasteiger partial charge in [-0.25, -0.2) is 9.97 Å². The smallest absolute Gasteiger partial charge is 0.277 e. The minimum atomic E-state index is -0.132. The van der Waals surface area contributed by atoms with Crippen molar-refractivity contribution in [2.24, 2.45) is 0 Å². The Balaban J connectivity index is 1.95. The quantitative estimate of drug-likeness (QED) is 0.694. The molecule has 3 rings (SSSR count). The molecule has 0 saturated carbocycles. The van der Waals surface area contributed by atoms with Gasteiger partial charge in [0.15, 0.2) is 0 Å². The summed E-state index contributed by atoms with van der Waals surface area (Å²) in [5.74, 6) is 1.13. The molecule has 0 atom stereocenters. The van der Waals surface area contributed by atoms with Crippen LogP contribution in [0.25, 0.3) is 0 Å². The number of carbonyl (C=O) groups excluding carboxylic acids is 1. The first-order valence-corrected chi connectivity index (χ1v) is 8.61. The number of hydrogen-bond donors (Lipinski definition) is 0. The van der Waals surface area contributed by atoms with E-state index in [4.69, 9.17) is 0 Å². The lowest BCUT2D eigenvalue weighted by Crippen LogP contribution is -2.31. The fourth-order valence-electron chi connectivity index (χ4n) is 2.81. The Labute approximate surface area is 153 Å². The maximum atomic E-state index is 13.1. The van der Waals surface area contributed by atoms with Crippen LogP contribution in [-0.2, 0) is 0 Å². The number of rotatable bonds is 5. The lowest BCUT2D eigenvalue weighted by atomic mass is 10.2. The fourth-order valence-corrected chi connectivity index (χ4v) is 2.81. The van der Waals surface area contributed by atoms with Gasteiger partial charge in [-0.15, -0.1) is 0 Å². The van der Waals surface area contributed by atoms with Crippen LogP contribution in [0.1, 0.15) is 23.2 Å². The van der Waals surface area contributed by atoms with Gasteiger partial charge >= 0.3 is 0 Å². The molecule has 132 valence electrons. The van der Waals surface area contributed by atoms with Gasteiger partial charge in [0.1, 0.15) is 17.3 Å². The van der Waals surface area contributed by atoms with Crippen molar-refractivity contribution in [1.29, 1.82) is 0 Å². The molecule has 0 aliphatic carbocycles. The zero-order valence-corrected chi connectivity index (χ0v) is 15.3. The van der Waals surface area contributed by atoms with E-state index in [-0.39, 0.29) is 5.91 Å². The van der Waals surface area contributed by atoms with Gasteiger partial charge in [0.25, 0.3) is 5.91 Å². The molecule has 1 aromatic heterocycles. The number of carbonyl (C=O) groups is 1. The summed E-state index contributed by atoms with van der Waals surface area (Å²) in [6.07, 6.45) is 0. The average Bonchev–Trinajstić information content (AvgIpc) is 2.69. The van der Waals surface area contributed by atoms with Crippen LogP contribution >= 0.6 is 0 Å². The summed E-state index contributed by atoms with van der Waals surface area (Å²) in [7, 11) is 1.93. The van der Waals surface area contributed by atoms with Gasteiger partial charge in [-0.3, -0.25) is 4.79 Å². The number of amides is 1. The van der Waals surface area contributed by atoms with E-state index in [1.807, 2.05) is 79.5 Å². The first kappa shape index (κ1) is 17.6. The maximum Gasteiger partial charge on any atom is 0.277 e. The summed E-state index contributed by atoms with van der Waals surface area (Å²) in [4.78, 5) is 25.6. The minimum absolute atomic E-state index is 0.132. The predicted octanol–water partition coefficient (Wildman–Crippen LogP) is 4.22. The van der Waals surface area contributed by atoms with Crippen molar-refractivity contribution in [3.63, 3.8) is 0 Å². The molecule has 1 amide bonds. The van der Waals surface area contributed by atoms with Gasteiger partial charge in [0.05, 0.1) is 0 Å². The largest absolute Gasteiger partial charge is 0.329 e. The van der Waals surface area contributed by atoms with Crippen LogP contribution in [0.2, 0.25) is 0 Å². The molecule has 3 aromatic rings. The average molecular weight is 346 g/mol. The number of nitrogens with zero attached hydrogens (tertiary/aromatic N) is 4. The molecular weight excluding hydrogens is 324 g/mol. The molecule has 5 heteroatoms. The van der Waals surface area contributed by atoms with Crippen molar-refractivity contribution < 1.29 is 4.79 Å². The van der Waals surface area contributed by atoms with Crippen molar-refractivity contribution in [3.8, 4) is 0 Å². The van der Waals surface area contributed by atoms with Crippen LogP contribution < -0.4 is 9.80 Å². The molecule has 0 bridgehead atoms. The monoisotopic (exact) mass is 346 g/mol. The molecule has 0 aliphatic rings. The Hall–Kier alpha value is -3.21. The summed E-state index contributed by atoms with van der Waals surface area (Å²) in [5, 5.41) is 0. The van der Waals surface area contributed by atoms with Gasteiger partial charge in [-0.1, -0.05) is 36.4 Å². The van der Waals surface area contributed by atoms with Crippen LogP contribution in [0.4, 0.5) is 17.2 Å². The molecule has 0 saturated heterocycles. The highest BCUT2D eigenvalue weighted by Gasteiger charge is 2.19. The van der Waals surface area contributed by atoms with Gasteiger partial charge < -0.3 is 9.80 Å². The van der Waals surface area contributed by atoms with Gasteiger partial charge in [0, 0.05) is 31.0 Å². The van der Waals surface area contributed by atoms with E-state index >= 15 is 0 Å². The Morgan fingerprint density at radius 1 is 0.923 bits per heavy atom. The Kier molecular flexibility index (Phi) is 5.27. The topological polar surface area (TPSA) is 49.3 Å².